The van der Waals surface area contributed by atoms with E-state index < -0.39 is 6.04 Å². The van der Waals surface area contributed by atoms with Crippen molar-refractivity contribution in [3.63, 3.8) is 0 Å². The molecular weight excluding hydrogens is 430 g/mol. The molecule has 0 bridgehead atoms. The maximum atomic E-state index is 13.4. The van der Waals surface area contributed by atoms with Crippen molar-refractivity contribution < 1.29 is 19.2 Å². The number of amides is 4. The van der Waals surface area contributed by atoms with Crippen molar-refractivity contribution in [2.24, 2.45) is 11.8 Å². The van der Waals surface area contributed by atoms with Gasteiger partial charge in [-0.3, -0.25) is 24.1 Å². The third-order valence-electron chi connectivity index (χ3n) is 7.46. The largest absolute Gasteiger partial charge is 0.352 e. The average molecular weight is 466 g/mol. The van der Waals surface area contributed by atoms with Gasteiger partial charge in [-0.1, -0.05) is 61.7 Å². The van der Waals surface area contributed by atoms with Crippen molar-refractivity contribution in [1.82, 2.24) is 15.1 Å². The van der Waals surface area contributed by atoms with Gasteiger partial charge in [0.2, 0.25) is 23.6 Å². The van der Waals surface area contributed by atoms with Crippen LogP contribution < -0.4 is 5.32 Å². The number of carbonyl (C=O) groups excluding carboxylic acids is 4. The van der Waals surface area contributed by atoms with Gasteiger partial charge in [-0.2, -0.15) is 0 Å². The highest BCUT2D eigenvalue weighted by Crippen LogP contribution is 2.35. The first-order chi connectivity index (χ1) is 16.5. The van der Waals surface area contributed by atoms with E-state index in [1.807, 2.05) is 42.5 Å². The third kappa shape index (κ3) is 5.40. The summed E-state index contributed by atoms with van der Waals surface area (Å²) in [6.07, 6.45) is 10.5. The molecule has 0 radical (unpaired) electrons. The van der Waals surface area contributed by atoms with E-state index in [9.17, 15) is 19.2 Å². The summed E-state index contributed by atoms with van der Waals surface area (Å²) in [5.74, 6) is -1.33. The Bertz CT molecular complexity index is 912. The van der Waals surface area contributed by atoms with Gasteiger partial charge in [-0.05, 0) is 38.2 Å². The summed E-state index contributed by atoms with van der Waals surface area (Å²) in [4.78, 5) is 54.8. The van der Waals surface area contributed by atoms with E-state index in [1.54, 1.807) is 11.8 Å². The fourth-order valence-corrected chi connectivity index (χ4v) is 5.37. The van der Waals surface area contributed by atoms with Gasteiger partial charge < -0.3 is 10.2 Å². The van der Waals surface area contributed by atoms with Crippen molar-refractivity contribution >= 4 is 23.6 Å². The zero-order valence-corrected chi connectivity index (χ0v) is 19.9. The van der Waals surface area contributed by atoms with Crippen LogP contribution in [0.5, 0.6) is 0 Å². The molecule has 182 valence electrons. The summed E-state index contributed by atoms with van der Waals surface area (Å²) in [5, 5.41) is 3.13. The number of rotatable bonds is 8. The summed E-state index contributed by atoms with van der Waals surface area (Å²) < 4.78 is 0. The Morgan fingerprint density at radius 1 is 1.00 bits per heavy atom. The Labute approximate surface area is 201 Å². The van der Waals surface area contributed by atoms with E-state index >= 15 is 0 Å². The normalized spacial score (nSPS) is 23.5. The second-order valence-corrected chi connectivity index (χ2v) is 9.76. The lowest BCUT2D eigenvalue weighted by atomic mass is 9.85. The molecule has 0 spiro atoms. The van der Waals surface area contributed by atoms with Gasteiger partial charge in [0.1, 0.15) is 6.04 Å². The first-order valence-corrected chi connectivity index (χ1v) is 12.6. The molecule has 1 saturated carbocycles. The molecule has 7 heteroatoms. The second kappa shape index (κ2) is 11.0. The molecule has 2 fully saturated rings. The Morgan fingerprint density at radius 3 is 2.24 bits per heavy atom. The van der Waals surface area contributed by atoms with Crippen LogP contribution in [0.15, 0.2) is 42.5 Å². The molecule has 3 atom stereocenters. The van der Waals surface area contributed by atoms with Crippen molar-refractivity contribution in [3.8, 4) is 0 Å². The molecule has 1 aliphatic heterocycles. The van der Waals surface area contributed by atoms with Gasteiger partial charge in [0.25, 0.3) is 0 Å². The molecule has 0 aromatic heterocycles. The Balaban J connectivity index is 1.42. The molecule has 3 aliphatic rings. The number of hydrogen-bond acceptors (Lipinski definition) is 4. The highest BCUT2D eigenvalue weighted by Gasteiger charge is 2.47. The number of carbonyl (C=O) groups is 4. The average Bonchev–Trinajstić information content (AvgIpc) is 3.11. The van der Waals surface area contributed by atoms with Crippen molar-refractivity contribution in [3.05, 3.63) is 48.0 Å². The van der Waals surface area contributed by atoms with E-state index in [2.05, 4.69) is 5.32 Å². The van der Waals surface area contributed by atoms with Crippen LogP contribution in [0.1, 0.15) is 63.9 Å². The number of hydrogen-bond donors (Lipinski definition) is 1. The molecule has 1 heterocycles. The summed E-state index contributed by atoms with van der Waals surface area (Å²) in [6.45, 7) is 2.12. The highest BCUT2D eigenvalue weighted by atomic mass is 16.2. The van der Waals surface area contributed by atoms with Crippen LogP contribution >= 0.6 is 0 Å². The maximum absolute atomic E-state index is 13.4. The van der Waals surface area contributed by atoms with Crippen LogP contribution in [0.3, 0.4) is 0 Å². The lowest BCUT2D eigenvalue weighted by molar-refractivity contribution is -0.144. The summed E-state index contributed by atoms with van der Waals surface area (Å²) in [6, 6.07) is 9.09. The zero-order chi connectivity index (χ0) is 24.1. The lowest BCUT2D eigenvalue weighted by Gasteiger charge is -2.31. The molecule has 4 rings (SSSR count). The smallest absolute Gasteiger partial charge is 0.242 e. The van der Waals surface area contributed by atoms with E-state index in [-0.39, 0.29) is 54.5 Å². The fraction of sp³-hybridized carbons (Fsp3) is 0.556. The van der Waals surface area contributed by atoms with E-state index in [0.717, 1.165) is 31.2 Å². The van der Waals surface area contributed by atoms with E-state index in [0.29, 0.717) is 19.4 Å². The Hall–Kier alpha value is -2.96. The molecule has 1 unspecified atom stereocenters. The predicted octanol–water partition coefficient (Wildman–Crippen LogP) is 3.19. The number of nitrogens with one attached hydrogen (secondary N) is 1. The fourth-order valence-electron chi connectivity index (χ4n) is 5.37. The SMILES string of the molecule is CC(C(=O)NC1CCCCC1)N(Cc1ccccc1)C(=O)CCN1C(=O)[C@H]2CC=CC[C@H]2C1=O. The molecule has 7 nitrogen and oxygen atoms in total. The standard InChI is InChI=1S/C27H35N3O4/c1-19(25(32)28-21-12-6-3-7-13-21)30(18-20-10-4-2-5-11-20)24(31)16-17-29-26(33)22-14-8-9-15-23(22)27(29)34/h2,4-5,8-11,19,21-23H,3,6-7,12-18H2,1H3,(H,28,32)/t19?,22-,23+. The van der Waals surface area contributed by atoms with Gasteiger partial charge in [0, 0.05) is 25.6 Å². The van der Waals surface area contributed by atoms with Crippen LogP contribution in [-0.2, 0) is 25.7 Å². The van der Waals surface area contributed by atoms with Crippen LogP contribution in [-0.4, -0.2) is 52.1 Å². The molecule has 4 amide bonds. The molecule has 1 aromatic carbocycles. The number of benzene rings is 1. The minimum Gasteiger partial charge on any atom is -0.352 e. The van der Waals surface area contributed by atoms with Crippen LogP contribution in [0.25, 0.3) is 0 Å². The number of fused-ring (bicyclic) bond motifs is 1. The molecule has 1 saturated heterocycles. The Kier molecular flexibility index (Phi) is 7.80. The minimum absolute atomic E-state index is 0.0121. The number of nitrogens with zero attached hydrogens (tertiary/aromatic N) is 2. The van der Waals surface area contributed by atoms with Gasteiger partial charge in [-0.15, -0.1) is 0 Å². The molecule has 2 aliphatic carbocycles. The molecule has 1 aromatic rings. The topological polar surface area (TPSA) is 86.8 Å². The van der Waals surface area contributed by atoms with Crippen LogP contribution in [0.2, 0.25) is 0 Å². The van der Waals surface area contributed by atoms with Gasteiger partial charge in [0.15, 0.2) is 0 Å². The third-order valence-corrected chi connectivity index (χ3v) is 7.46. The Morgan fingerprint density at radius 2 is 1.62 bits per heavy atom. The van der Waals surface area contributed by atoms with Gasteiger partial charge in [0.05, 0.1) is 11.8 Å². The highest BCUT2D eigenvalue weighted by molar-refractivity contribution is 6.05. The summed E-state index contributed by atoms with van der Waals surface area (Å²) in [7, 11) is 0. The first-order valence-electron chi connectivity index (χ1n) is 12.6. The second-order valence-electron chi connectivity index (χ2n) is 9.76. The predicted molar refractivity (Wildman–Crippen MR) is 128 cm³/mol. The van der Waals surface area contributed by atoms with Crippen LogP contribution in [0, 0.1) is 11.8 Å². The maximum Gasteiger partial charge on any atom is 0.242 e. The molecule has 34 heavy (non-hydrogen) atoms. The van der Waals surface area contributed by atoms with Crippen molar-refractivity contribution in [1.29, 1.82) is 0 Å². The van der Waals surface area contributed by atoms with Crippen molar-refractivity contribution in [2.75, 3.05) is 6.54 Å². The monoisotopic (exact) mass is 465 g/mol. The first kappa shape index (κ1) is 24.2. The number of allylic oxidation sites excluding steroid dienone is 2. The quantitative estimate of drug-likeness (QED) is 0.472. The summed E-state index contributed by atoms with van der Waals surface area (Å²) in [5.41, 5.74) is 0.929. The lowest BCUT2D eigenvalue weighted by Crippen LogP contribution is -2.51. The van der Waals surface area contributed by atoms with Gasteiger partial charge in [-0.25, -0.2) is 0 Å². The zero-order valence-electron chi connectivity index (χ0n) is 19.9. The van der Waals surface area contributed by atoms with E-state index in [4.69, 9.17) is 0 Å². The van der Waals surface area contributed by atoms with Gasteiger partial charge >= 0.3 is 0 Å². The minimum atomic E-state index is -0.647. The van der Waals surface area contributed by atoms with Crippen molar-refractivity contribution in [2.45, 2.75) is 76.9 Å². The van der Waals surface area contributed by atoms with E-state index in [1.165, 1.54) is 11.3 Å². The number of imide groups is 1. The van der Waals surface area contributed by atoms with Crippen LogP contribution in [0.4, 0.5) is 0 Å². The number of likely N-dealkylation sites (tertiary alicyclic amines) is 1. The molecular formula is C27H35N3O4. The molecule has 1 N–H and O–H groups in total. The summed E-state index contributed by atoms with van der Waals surface area (Å²) >= 11 is 0.